The second-order valence-electron chi connectivity index (χ2n) is 3.59. The number of hydrogen-bond donors (Lipinski definition) is 0. The van der Waals surface area contributed by atoms with Crippen LogP contribution in [0.3, 0.4) is 0 Å². The van der Waals surface area contributed by atoms with Crippen LogP contribution >= 0.6 is 0 Å². The summed E-state index contributed by atoms with van der Waals surface area (Å²) in [5.41, 5.74) is 0. The Morgan fingerprint density at radius 3 is 2.60 bits per heavy atom. The lowest BCUT2D eigenvalue weighted by Crippen LogP contribution is -2.06. The molecule has 2 atom stereocenters. The van der Waals surface area contributed by atoms with Gasteiger partial charge in [-0.3, -0.25) is 4.79 Å². The molecule has 0 aliphatic heterocycles. The molecule has 0 bridgehead atoms. The highest BCUT2D eigenvalue weighted by molar-refractivity contribution is 5.80. The Morgan fingerprint density at radius 2 is 1.90 bits per heavy atom. The summed E-state index contributed by atoms with van der Waals surface area (Å²) in [6.45, 7) is 4.30. The summed E-state index contributed by atoms with van der Waals surface area (Å²) in [7, 11) is 0. The van der Waals surface area contributed by atoms with Gasteiger partial charge in [0.1, 0.15) is 5.78 Å². The van der Waals surface area contributed by atoms with E-state index in [1.54, 1.807) is 0 Å². The van der Waals surface area contributed by atoms with Crippen molar-refractivity contribution in [2.24, 2.45) is 11.8 Å². The van der Waals surface area contributed by atoms with Crippen LogP contribution < -0.4 is 0 Å². The van der Waals surface area contributed by atoms with Crippen LogP contribution in [0.2, 0.25) is 0 Å². The molecule has 1 aliphatic rings. The summed E-state index contributed by atoms with van der Waals surface area (Å²) < 4.78 is 0. The molecule has 0 spiro atoms. The predicted molar refractivity (Wildman–Crippen MR) is 41.8 cm³/mol. The molecule has 1 rings (SSSR count). The van der Waals surface area contributed by atoms with Crippen LogP contribution in [0.4, 0.5) is 0 Å². The van der Waals surface area contributed by atoms with Crippen LogP contribution in [0.5, 0.6) is 0 Å². The second-order valence-corrected chi connectivity index (χ2v) is 3.59. The molecule has 0 saturated heterocycles. The van der Waals surface area contributed by atoms with Gasteiger partial charge >= 0.3 is 0 Å². The molecule has 1 heteroatoms. The molecule has 1 nitrogen and oxygen atoms in total. The van der Waals surface area contributed by atoms with Gasteiger partial charge in [-0.1, -0.05) is 20.3 Å². The van der Waals surface area contributed by atoms with Crippen LogP contribution in [0.15, 0.2) is 0 Å². The lowest BCUT2D eigenvalue weighted by Gasteiger charge is -2.04. The lowest BCUT2D eigenvalue weighted by atomic mass is 10.0. The minimum absolute atomic E-state index is 0.338. The topological polar surface area (TPSA) is 17.1 Å². The van der Waals surface area contributed by atoms with E-state index in [2.05, 4.69) is 13.8 Å². The molecular weight excluding hydrogens is 124 g/mol. The molecule has 0 aromatic rings. The second kappa shape index (κ2) is 3.18. The summed E-state index contributed by atoms with van der Waals surface area (Å²) in [5.74, 6) is 1.59. The highest BCUT2D eigenvalue weighted by atomic mass is 16.1. The maximum absolute atomic E-state index is 11.2. The van der Waals surface area contributed by atoms with E-state index in [1.807, 2.05) is 0 Å². The van der Waals surface area contributed by atoms with Crippen LogP contribution in [0.1, 0.15) is 39.5 Å². The van der Waals surface area contributed by atoms with Gasteiger partial charge in [-0.25, -0.2) is 0 Å². The average molecular weight is 140 g/mol. The molecule has 10 heavy (non-hydrogen) atoms. The standard InChI is InChI=1S/C9H16O/c1-7-3-5-8(2)9(10)6-4-7/h7-8H,3-6H2,1-2H3/t7-,8-/m0/s1. The van der Waals surface area contributed by atoms with Crippen molar-refractivity contribution in [2.45, 2.75) is 39.5 Å². The number of Topliss-reactive ketones (excluding diaryl/α,β-unsaturated/α-hetero) is 1. The summed E-state index contributed by atoms with van der Waals surface area (Å²) in [4.78, 5) is 11.2. The summed E-state index contributed by atoms with van der Waals surface area (Å²) >= 11 is 0. The Balaban J connectivity index is 2.46. The summed E-state index contributed by atoms with van der Waals surface area (Å²) in [5, 5.41) is 0. The van der Waals surface area contributed by atoms with Crippen LogP contribution in [-0.2, 0) is 4.79 Å². The minimum Gasteiger partial charge on any atom is -0.299 e. The van der Waals surface area contributed by atoms with Gasteiger partial charge in [0, 0.05) is 12.3 Å². The van der Waals surface area contributed by atoms with Gasteiger partial charge in [-0.2, -0.15) is 0 Å². The van der Waals surface area contributed by atoms with Crippen molar-refractivity contribution in [2.75, 3.05) is 0 Å². The zero-order chi connectivity index (χ0) is 7.56. The third kappa shape index (κ3) is 1.83. The Hall–Kier alpha value is -0.330. The Morgan fingerprint density at radius 1 is 1.20 bits per heavy atom. The molecule has 1 fully saturated rings. The Kier molecular flexibility index (Phi) is 2.47. The normalized spacial score (nSPS) is 35.6. The first-order chi connectivity index (χ1) is 4.70. The van der Waals surface area contributed by atoms with E-state index in [4.69, 9.17) is 0 Å². The van der Waals surface area contributed by atoms with Crippen LogP contribution in [0, 0.1) is 11.8 Å². The molecule has 58 valence electrons. The number of ketones is 1. The first-order valence-corrected chi connectivity index (χ1v) is 4.23. The number of carbonyl (C=O) groups excluding carboxylic acids is 1. The summed E-state index contributed by atoms with van der Waals surface area (Å²) in [6.07, 6.45) is 4.29. The smallest absolute Gasteiger partial charge is 0.135 e. The van der Waals surface area contributed by atoms with E-state index in [-0.39, 0.29) is 0 Å². The van der Waals surface area contributed by atoms with Gasteiger partial charge in [-0.05, 0) is 18.8 Å². The van der Waals surface area contributed by atoms with E-state index >= 15 is 0 Å². The number of carbonyl (C=O) groups is 1. The molecule has 0 heterocycles. The molecule has 0 aromatic carbocycles. The van der Waals surface area contributed by atoms with Gasteiger partial charge in [0.25, 0.3) is 0 Å². The maximum atomic E-state index is 11.2. The first-order valence-electron chi connectivity index (χ1n) is 4.23. The van der Waals surface area contributed by atoms with Crippen molar-refractivity contribution in [1.29, 1.82) is 0 Å². The van der Waals surface area contributed by atoms with Gasteiger partial charge in [0.2, 0.25) is 0 Å². The molecular formula is C9H16O. The van der Waals surface area contributed by atoms with Crippen molar-refractivity contribution in [3.63, 3.8) is 0 Å². The van der Waals surface area contributed by atoms with E-state index in [0.29, 0.717) is 11.7 Å². The number of rotatable bonds is 0. The fourth-order valence-electron chi connectivity index (χ4n) is 1.47. The SMILES string of the molecule is C[C@@H]1CCC(=O)[C@@H](C)CC1. The third-order valence-corrected chi connectivity index (χ3v) is 2.53. The summed E-state index contributed by atoms with van der Waals surface area (Å²) in [6, 6.07) is 0. The quantitative estimate of drug-likeness (QED) is 0.472. The van der Waals surface area contributed by atoms with E-state index in [1.165, 1.54) is 6.42 Å². The van der Waals surface area contributed by atoms with Crippen molar-refractivity contribution >= 4 is 5.78 Å². The van der Waals surface area contributed by atoms with E-state index in [0.717, 1.165) is 25.2 Å². The molecule has 0 aromatic heterocycles. The Bertz CT molecular complexity index is 129. The molecule has 0 amide bonds. The largest absolute Gasteiger partial charge is 0.299 e. The van der Waals surface area contributed by atoms with Crippen molar-refractivity contribution in [3.8, 4) is 0 Å². The first kappa shape index (κ1) is 7.77. The molecule has 0 radical (unpaired) electrons. The van der Waals surface area contributed by atoms with E-state index < -0.39 is 0 Å². The maximum Gasteiger partial charge on any atom is 0.135 e. The molecule has 1 aliphatic carbocycles. The molecule has 0 unspecified atom stereocenters. The van der Waals surface area contributed by atoms with E-state index in [9.17, 15) is 4.79 Å². The van der Waals surface area contributed by atoms with Gasteiger partial charge < -0.3 is 0 Å². The number of hydrogen-bond acceptors (Lipinski definition) is 1. The lowest BCUT2D eigenvalue weighted by molar-refractivity contribution is -0.122. The highest BCUT2D eigenvalue weighted by Crippen LogP contribution is 2.23. The fourth-order valence-corrected chi connectivity index (χ4v) is 1.47. The monoisotopic (exact) mass is 140 g/mol. The van der Waals surface area contributed by atoms with Gasteiger partial charge in [-0.15, -0.1) is 0 Å². The molecule has 0 N–H and O–H groups in total. The van der Waals surface area contributed by atoms with Crippen molar-refractivity contribution < 1.29 is 4.79 Å². The third-order valence-electron chi connectivity index (χ3n) is 2.53. The zero-order valence-electron chi connectivity index (χ0n) is 6.89. The van der Waals surface area contributed by atoms with Gasteiger partial charge in [0.15, 0.2) is 0 Å². The van der Waals surface area contributed by atoms with Crippen LogP contribution in [-0.4, -0.2) is 5.78 Å². The highest BCUT2D eigenvalue weighted by Gasteiger charge is 2.18. The molecule has 1 saturated carbocycles. The van der Waals surface area contributed by atoms with Gasteiger partial charge in [0.05, 0.1) is 0 Å². The zero-order valence-corrected chi connectivity index (χ0v) is 6.89. The average Bonchev–Trinajstić information content (AvgIpc) is 2.04. The van der Waals surface area contributed by atoms with Crippen LogP contribution in [0.25, 0.3) is 0 Å². The fraction of sp³-hybridized carbons (Fsp3) is 0.889. The predicted octanol–water partition coefficient (Wildman–Crippen LogP) is 2.40. The van der Waals surface area contributed by atoms with Crippen molar-refractivity contribution in [3.05, 3.63) is 0 Å². The minimum atomic E-state index is 0.338. The van der Waals surface area contributed by atoms with Crippen molar-refractivity contribution in [1.82, 2.24) is 0 Å². The Labute approximate surface area is 62.8 Å².